The molecule has 0 spiro atoms. The van der Waals surface area contributed by atoms with Gasteiger partial charge in [0.05, 0.1) is 5.25 Å². The summed E-state index contributed by atoms with van der Waals surface area (Å²) < 4.78 is 1.95. The lowest BCUT2D eigenvalue weighted by atomic mass is 10.3. The fourth-order valence-electron chi connectivity index (χ4n) is 1.70. The topological polar surface area (TPSA) is 59.8 Å². The maximum absolute atomic E-state index is 11.8. The molecule has 2 rings (SSSR count). The molecule has 0 saturated carbocycles. The number of carbonyl (C=O) groups is 1. The van der Waals surface area contributed by atoms with Gasteiger partial charge in [0.15, 0.2) is 5.16 Å². The maximum Gasteiger partial charge on any atom is 0.233 e. The Morgan fingerprint density at radius 2 is 2.43 bits per heavy atom. The smallest absolute Gasteiger partial charge is 0.233 e. The molecule has 1 atom stereocenters. The number of carbonyl (C=O) groups excluding carboxylic acids is 1. The molecule has 5 nitrogen and oxygen atoms in total. The lowest BCUT2D eigenvalue weighted by molar-refractivity contribution is -0.120. The number of hydrogen-bond donors (Lipinski definition) is 1. The van der Waals surface area contributed by atoms with Crippen LogP contribution in [-0.4, -0.2) is 32.5 Å². The summed E-state index contributed by atoms with van der Waals surface area (Å²) in [6.07, 6.45) is 2.43. The number of aromatic nitrogens is 3. The summed E-state index contributed by atoms with van der Waals surface area (Å²) in [4.78, 5) is 13.1. The van der Waals surface area contributed by atoms with Gasteiger partial charge in [-0.2, -0.15) is 0 Å². The summed E-state index contributed by atoms with van der Waals surface area (Å²) in [5, 5.41) is 13.8. The average molecular weight is 322 g/mol. The molecule has 0 saturated heterocycles. The Balaban J connectivity index is 1.99. The van der Waals surface area contributed by atoms with Crippen LogP contribution in [0.1, 0.15) is 17.6 Å². The molecule has 7 heteroatoms. The van der Waals surface area contributed by atoms with Crippen LogP contribution in [0.3, 0.4) is 0 Å². The summed E-state index contributed by atoms with van der Waals surface area (Å²) in [6.45, 7) is 5.92. The van der Waals surface area contributed by atoms with Gasteiger partial charge in [0.2, 0.25) is 5.91 Å². The largest absolute Gasteiger partial charge is 0.352 e. The van der Waals surface area contributed by atoms with Gasteiger partial charge in [-0.05, 0) is 18.4 Å². The Bertz CT molecular complexity index is 607. The zero-order valence-corrected chi connectivity index (χ0v) is 13.7. The zero-order chi connectivity index (χ0) is 15.2. The van der Waals surface area contributed by atoms with E-state index in [0.29, 0.717) is 6.54 Å². The highest BCUT2D eigenvalue weighted by atomic mass is 32.2. The van der Waals surface area contributed by atoms with Gasteiger partial charge in [-0.15, -0.1) is 28.1 Å². The van der Waals surface area contributed by atoms with Crippen molar-refractivity contribution in [1.82, 2.24) is 20.1 Å². The average Bonchev–Trinajstić information content (AvgIpc) is 3.10. The molecule has 0 bridgehead atoms. The summed E-state index contributed by atoms with van der Waals surface area (Å²) in [5.41, 5.74) is 0. The molecule has 0 unspecified atom stereocenters. The highest BCUT2D eigenvalue weighted by Gasteiger charge is 2.18. The zero-order valence-electron chi connectivity index (χ0n) is 12.1. The van der Waals surface area contributed by atoms with E-state index in [1.165, 1.54) is 16.6 Å². The van der Waals surface area contributed by atoms with E-state index in [1.807, 2.05) is 30.0 Å². The number of thioether (sulfide) groups is 1. The SMILES string of the molecule is C=CCNC(=O)[C@@H](C)Sc1nnc(Cc2cccs2)n1C. The third kappa shape index (κ3) is 4.18. The fraction of sp³-hybridized carbons (Fsp3) is 0.357. The molecular weight excluding hydrogens is 304 g/mol. The first-order chi connectivity index (χ1) is 10.1. The molecule has 1 amide bonds. The van der Waals surface area contributed by atoms with Crippen LogP contribution >= 0.6 is 23.1 Å². The van der Waals surface area contributed by atoms with Crippen molar-refractivity contribution in [2.45, 2.75) is 23.8 Å². The molecule has 0 aliphatic carbocycles. The van der Waals surface area contributed by atoms with Gasteiger partial charge >= 0.3 is 0 Å². The van der Waals surface area contributed by atoms with Crippen molar-refractivity contribution >= 4 is 29.0 Å². The highest BCUT2D eigenvalue weighted by molar-refractivity contribution is 8.00. The minimum absolute atomic E-state index is 0.0253. The Hall–Kier alpha value is -1.60. The van der Waals surface area contributed by atoms with E-state index in [-0.39, 0.29) is 11.2 Å². The van der Waals surface area contributed by atoms with Crippen molar-refractivity contribution in [3.8, 4) is 0 Å². The Morgan fingerprint density at radius 1 is 1.62 bits per heavy atom. The highest BCUT2D eigenvalue weighted by Crippen LogP contribution is 2.23. The second kappa shape index (κ2) is 7.42. The van der Waals surface area contributed by atoms with E-state index in [4.69, 9.17) is 0 Å². The van der Waals surface area contributed by atoms with Crippen LogP contribution in [0.2, 0.25) is 0 Å². The minimum Gasteiger partial charge on any atom is -0.352 e. The predicted octanol–water partition coefficient (Wildman–Crippen LogP) is 2.25. The second-order valence-corrected chi connectivity index (χ2v) is 6.85. The normalized spacial score (nSPS) is 12.1. The molecule has 0 aliphatic heterocycles. The second-order valence-electron chi connectivity index (χ2n) is 4.51. The lowest BCUT2D eigenvalue weighted by Crippen LogP contribution is -2.31. The van der Waals surface area contributed by atoms with Crippen molar-refractivity contribution in [1.29, 1.82) is 0 Å². The standard InChI is InChI=1S/C14H18N4OS2/c1-4-7-15-13(19)10(2)21-14-17-16-12(18(14)3)9-11-6-5-8-20-11/h4-6,8,10H,1,7,9H2,2-3H3,(H,15,19)/t10-/m1/s1. The number of thiophene rings is 1. The van der Waals surface area contributed by atoms with E-state index in [0.717, 1.165) is 17.4 Å². The summed E-state index contributed by atoms with van der Waals surface area (Å²) >= 11 is 3.11. The molecule has 1 N–H and O–H groups in total. The van der Waals surface area contributed by atoms with Gasteiger partial charge < -0.3 is 9.88 Å². The van der Waals surface area contributed by atoms with Gasteiger partial charge in [0, 0.05) is 24.9 Å². The van der Waals surface area contributed by atoms with Crippen LogP contribution in [-0.2, 0) is 18.3 Å². The van der Waals surface area contributed by atoms with Crippen LogP contribution in [0.4, 0.5) is 0 Å². The summed E-state index contributed by atoms with van der Waals surface area (Å²) in [7, 11) is 1.93. The minimum atomic E-state index is -0.220. The van der Waals surface area contributed by atoms with Crippen molar-refractivity contribution in [3.05, 3.63) is 40.9 Å². The third-order valence-electron chi connectivity index (χ3n) is 2.91. The molecule has 2 aromatic heterocycles. The molecular formula is C14H18N4OS2. The Kier molecular flexibility index (Phi) is 5.58. The van der Waals surface area contributed by atoms with Crippen LogP contribution in [0.15, 0.2) is 35.3 Å². The van der Waals surface area contributed by atoms with Crippen molar-refractivity contribution in [2.24, 2.45) is 7.05 Å². The van der Waals surface area contributed by atoms with E-state index in [1.54, 1.807) is 17.4 Å². The number of rotatable bonds is 7. The van der Waals surface area contributed by atoms with Crippen LogP contribution in [0.5, 0.6) is 0 Å². The molecule has 2 aromatic rings. The first-order valence-corrected chi connectivity index (χ1v) is 8.33. The molecule has 0 aromatic carbocycles. The number of nitrogens with zero attached hydrogens (tertiary/aromatic N) is 3. The molecule has 0 fully saturated rings. The Labute approximate surface area is 132 Å². The van der Waals surface area contributed by atoms with Crippen molar-refractivity contribution < 1.29 is 4.79 Å². The van der Waals surface area contributed by atoms with Gasteiger partial charge in [0.1, 0.15) is 5.82 Å². The van der Waals surface area contributed by atoms with Crippen molar-refractivity contribution in [2.75, 3.05) is 6.54 Å². The first kappa shape index (κ1) is 15.8. The lowest BCUT2D eigenvalue weighted by Gasteiger charge is -2.10. The first-order valence-electron chi connectivity index (χ1n) is 6.57. The number of amides is 1. The third-order valence-corrected chi connectivity index (χ3v) is 4.92. The monoisotopic (exact) mass is 322 g/mol. The summed E-state index contributed by atoms with van der Waals surface area (Å²) in [6, 6.07) is 4.11. The van der Waals surface area contributed by atoms with E-state index in [9.17, 15) is 4.79 Å². The summed E-state index contributed by atoms with van der Waals surface area (Å²) in [5.74, 6) is 0.876. The van der Waals surface area contributed by atoms with E-state index < -0.39 is 0 Å². The van der Waals surface area contributed by atoms with E-state index >= 15 is 0 Å². The molecule has 2 heterocycles. The number of hydrogen-bond acceptors (Lipinski definition) is 5. The quantitative estimate of drug-likeness (QED) is 0.627. The molecule has 0 aliphatic rings. The van der Waals surface area contributed by atoms with Crippen molar-refractivity contribution in [3.63, 3.8) is 0 Å². The maximum atomic E-state index is 11.8. The Morgan fingerprint density at radius 3 is 3.10 bits per heavy atom. The molecule has 112 valence electrons. The van der Waals surface area contributed by atoms with Gasteiger partial charge in [-0.25, -0.2) is 0 Å². The fourth-order valence-corrected chi connectivity index (χ4v) is 3.26. The van der Waals surface area contributed by atoms with E-state index in [2.05, 4.69) is 28.2 Å². The predicted molar refractivity (Wildman–Crippen MR) is 86.7 cm³/mol. The van der Waals surface area contributed by atoms with Gasteiger partial charge in [0.25, 0.3) is 0 Å². The van der Waals surface area contributed by atoms with Crippen LogP contribution < -0.4 is 5.32 Å². The molecule has 21 heavy (non-hydrogen) atoms. The molecule has 0 radical (unpaired) electrons. The van der Waals surface area contributed by atoms with Gasteiger partial charge in [-0.1, -0.05) is 23.9 Å². The van der Waals surface area contributed by atoms with Gasteiger partial charge in [-0.3, -0.25) is 4.79 Å². The number of nitrogens with one attached hydrogen (secondary N) is 1. The van der Waals surface area contributed by atoms with Crippen LogP contribution in [0.25, 0.3) is 0 Å². The van der Waals surface area contributed by atoms with Crippen LogP contribution in [0, 0.1) is 0 Å².